The lowest BCUT2D eigenvalue weighted by atomic mass is 10.0. The number of hydrogen-bond donors (Lipinski definition) is 2. The fraction of sp³-hybridized carbons (Fsp3) is 0.286. The summed E-state index contributed by atoms with van der Waals surface area (Å²) in [6.45, 7) is 3.60. The molecule has 0 radical (unpaired) electrons. The molecule has 3 aromatic rings. The van der Waals surface area contributed by atoms with Crippen LogP contribution >= 0.6 is 28.7 Å². The quantitative estimate of drug-likeness (QED) is 0.524. The summed E-state index contributed by atoms with van der Waals surface area (Å²) >= 11 is 8.01. The molecule has 29 heavy (non-hydrogen) atoms. The van der Waals surface area contributed by atoms with Gasteiger partial charge in [0.05, 0.1) is 6.20 Å². The second-order valence-electron chi connectivity index (χ2n) is 7.26. The number of rotatable bonds is 3. The zero-order chi connectivity index (χ0) is 20.4. The van der Waals surface area contributed by atoms with Crippen LogP contribution in [0.3, 0.4) is 0 Å². The molecule has 2 aromatic carbocycles. The van der Waals surface area contributed by atoms with Gasteiger partial charge in [-0.25, -0.2) is 4.79 Å². The third-order valence-corrected chi connectivity index (χ3v) is 6.23. The van der Waals surface area contributed by atoms with Crippen molar-refractivity contribution in [1.29, 1.82) is 0 Å². The molecule has 4 rings (SSSR count). The van der Waals surface area contributed by atoms with E-state index in [4.69, 9.17) is 0 Å². The number of aromatic nitrogens is 2. The van der Waals surface area contributed by atoms with Crippen molar-refractivity contribution in [2.24, 2.45) is 0 Å². The number of carbonyl (C=O) groups is 1. The minimum Gasteiger partial charge on any atom is -0.354 e. The SMILES string of the molecule is Cc1ccc(NC(=O)N(S)C2CCN(c3nncc4ccc(Br)cc34)CC2)cc1. The Bertz CT molecular complexity index is 1020. The van der Waals surface area contributed by atoms with E-state index in [-0.39, 0.29) is 12.1 Å². The summed E-state index contributed by atoms with van der Waals surface area (Å²) in [4.78, 5) is 14.8. The summed E-state index contributed by atoms with van der Waals surface area (Å²) in [7, 11) is 0. The number of aryl methyl sites for hydroxylation is 1. The maximum absolute atomic E-state index is 12.6. The average Bonchev–Trinajstić information content (AvgIpc) is 2.74. The molecule has 150 valence electrons. The van der Waals surface area contributed by atoms with Gasteiger partial charge in [0, 0.05) is 40.1 Å². The molecule has 1 aromatic heterocycles. The molecule has 8 heteroatoms. The van der Waals surface area contributed by atoms with Gasteiger partial charge in [-0.15, -0.1) is 5.10 Å². The number of thiol groups is 1. The topological polar surface area (TPSA) is 61.4 Å². The van der Waals surface area contributed by atoms with Crippen LogP contribution in [0.25, 0.3) is 10.8 Å². The third kappa shape index (κ3) is 4.48. The van der Waals surface area contributed by atoms with E-state index in [2.05, 4.69) is 55.2 Å². The van der Waals surface area contributed by atoms with Crippen LogP contribution < -0.4 is 10.2 Å². The number of nitrogens with zero attached hydrogens (tertiary/aromatic N) is 4. The van der Waals surface area contributed by atoms with Crippen molar-refractivity contribution in [1.82, 2.24) is 14.5 Å². The summed E-state index contributed by atoms with van der Waals surface area (Å²) in [5.74, 6) is 0.886. The number of nitrogens with one attached hydrogen (secondary N) is 1. The molecular formula is C21H22BrN5OS. The lowest BCUT2D eigenvalue weighted by Gasteiger charge is -2.36. The summed E-state index contributed by atoms with van der Waals surface area (Å²) in [6, 6.07) is 13.7. The number of carbonyl (C=O) groups excluding carboxylic acids is 1. The first kappa shape index (κ1) is 20.0. The van der Waals surface area contributed by atoms with Crippen molar-refractivity contribution in [3.63, 3.8) is 0 Å². The van der Waals surface area contributed by atoms with Crippen LogP contribution in [0.1, 0.15) is 18.4 Å². The molecule has 2 amide bonds. The number of amides is 2. The van der Waals surface area contributed by atoms with Crippen LogP contribution in [-0.2, 0) is 0 Å². The highest BCUT2D eigenvalue weighted by molar-refractivity contribution is 9.10. The zero-order valence-corrected chi connectivity index (χ0v) is 18.5. The predicted molar refractivity (Wildman–Crippen MR) is 123 cm³/mol. The summed E-state index contributed by atoms with van der Waals surface area (Å²) < 4.78 is 2.53. The van der Waals surface area contributed by atoms with Gasteiger partial charge in [0.25, 0.3) is 0 Å². The highest BCUT2D eigenvalue weighted by Crippen LogP contribution is 2.29. The molecule has 0 atom stereocenters. The van der Waals surface area contributed by atoms with Gasteiger partial charge in [-0.1, -0.05) is 52.5 Å². The molecule has 1 fully saturated rings. The highest BCUT2D eigenvalue weighted by atomic mass is 79.9. The molecule has 2 heterocycles. The van der Waals surface area contributed by atoms with Crippen molar-refractivity contribution >= 4 is 57.1 Å². The van der Waals surface area contributed by atoms with Gasteiger partial charge in [-0.3, -0.25) is 4.31 Å². The largest absolute Gasteiger partial charge is 0.354 e. The second kappa shape index (κ2) is 8.59. The number of urea groups is 1. The third-order valence-electron chi connectivity index (χ3n) is 5.23. The van der Waals surface area contributed by atoms with Crippen molar-refractivity contribution in [2.75, 3.05) is 23.3 Å². The van der Waals surface area contributed by atoms with E-state index in [0.29, 0.717) is 0 Å². The van der Waals surface area contributed by atoms with E-state index in [9.17, 15) is 4.79 Å². The van der Waals surface area contributed by atoms with E-state index < -0.39 is 0 Å². The predicted octanol–water partition coefficient (Wildman–Crippen LogP) is 5.05. The van der Waals surface area contributed by atoms with Gasteiger partial charge in [0.15, 0.2) is 5.82 Å². The van der Waals surface area contributed by atoms with Crippen LogP contribution in [0.4, 0.5) is 16.3 Å². The summed E-state index contributed by atoms with van der Waals surface area (Å²) in [6.07, 6.45) is 3.41. The van der Waals surface area contributed by atoms with Crippen molar-refractivity contribution in [2.45, 2.75) is 25.8 Å². The molecule has 1 aliphatic rings. The first-order chi connectivity index (χ1) is 14.0. The van der Waals surface area contributed by atoms with Gasteiger partial charge >= 0.3 is 6.03 Å². The van der Waals surface area contributed by atoms with Gasteiger partial charge < -0.3 is 10.2 Å². The normalized spacial score (nSPS) is 14.8. The fourth-order valence-electron chi connectivity index (χ4n) is 3.57. The standard InChI is InChI=1S/C21H22BrN5OS/c1-14-2-6-17(7-3-14)24-21(28)27(29)18-8-10-26(11-9-18)20-19-12-16(22)5-4-15(19)13-23-25-20/h2-7,12-13,18,29H,8-11H2,1H3,(H,24,28). The number of benzene rings is 2. The molecule has 0 saturated carbocycles. The number of anilines is 2. The molecule has 0 aliphatic carbocycles. The van der Waals surface area contributed by atoms with Crippen LogP contribution in [0.5, 0.6) is 0 Å². The Morgan fingerprint density at radius 1 is 1.21 bits per heavy atom. The molecule has 0 bridgehead atoms. The average molecular weight is 472 g/mol. The van der Waals surface area contributed by atoms with Crippen molar-refractivity contribution in [3.8, 4) is 0 Å². The van der Waals surface area contributed by atoms with Crippen molar-refractivity contribution in [3.05, 3.63) is 58.7 Å². The number of halogens is 1. The monoisotopic (exact) mass is 471 g/mol. The number of hydrogen-bond acceptors (Lipinski definition) is 5. The fourth-order valence-corrected chi connectivity index (χ4v) is 4.22. The Balaban J connectivity index is 1.41. The number of piperidine rings is 1. The molecule has 0 spiro atoms. The van der Waals surface area contributed by atoms with E-state index in [0.717, 1.165) is 58.2 Å². The Morgan fingerprint density at radius 3 is 2.66 bits per heavy atom. The Hall–Kier alpha value is -2.32. The second-order valence-corrected chi connectivity index (χ2v) is 8.61. The van der Waals surface area contributed by atoms with Gasteiger partial charge in [-0.05, 0) is 44.0 Å². The van der Waals surface area contributed by atoms with Crippen LogP contribution in [0.15, 0.2) is 53.1 Å². The Labute approximate surface area is 184 Å². The lowest BCUT2D eigenvalue weighted by Crippen LogP contribution is -2.45. The molecule has 1 N–H and O–H groups in total. The minimum atomic E-state index is -0.204. The van der Waals surface area contributed by atoms with E-state index in [1.807, 2.05) is 43.3 Å². The van der Waals surface area contributed by atoms with E-state index >= 15 is 0 Å². The maximum atomic E-state index is 12.6. The van der Waals surface area contributed by atoms with Gasteiger partial charge in [0.1, 0.15) is 0 Å². The molecular weight excluding hydrogens is 450 g/mol. The Morgan fingerprint density at radius 2 is 1.93 bits per heavy atom. The maximum Gasteiger partial charge on any atom is 0.331 e. The van der Waals surface area contributed by atoms with Gasteiger partial charge in [-0.2, -0.15) is 5.10 Å². The lowest BCUT2D eigenvalue weighted by molar-refractivity contribution is 0.223. The van der Waals surface area contributed by atoms with Crippen LogP contribution in [0.2, 0.25) is 0 Å². The van der Waals surface area contributed by atoms with E-state index in [1.54, 1.807) is 6.20 Å². The minimum absolute atomic E-state index is 0.0645. The smallest absolute Gasteiger partial charge is 0.331 e. The molecule has 1 saturated heterocycles. The highest BCUT2D eigenvalue weighted by Gasteiger charge is 2.27. The first-order valence-corrected chi connectivity index (χ1v) is 10.7. The van der Waals surface area contributed by atoms with E-state index in [1.165, 1.54) is 4.31 Å². The summed E-state index contributed by atoms with van der Waals surface area (Å²) in [5.41, 5.74) is 1.93. The summed E-state index contributed by atoms with van der Waals surface area (Å²) in [5, 5.41) is 13.6. The molecule has 1 aliphatic heterocycles. The van der Waals surface area contributed by atoms with Gasteiger partial charge in [0.2, 0.25) is 0 Å². The van der Waals surface area contributed by atoms with Crippen molar-refractivity contribution < 1.29 is 4.79 Å². The first-order valence-electron chi connectivity index (χ1n) is 9.53. The van der Waals surface area contributed by atoms with Crippen LogP contribution in [0, 0.1) is 6.92 Å². The Kier molecular flexibility index (Phi) is 5.91. The van der Waals surface area contributed by atoms with Crippen LogP contribution in [-0.4, -0.2) is 39.7 Å². The molecule has 0 unspecified atom stereocenters. The molecule has 6 nitrogen and oxygen atoms in total. The number of fused-ring (bicyclic) bond motifs is 1. The zero-order valence-electron chi connectivity index (χ0n) is 16.0.